The summed E-state index contributed by atoms with van der Waals surface area (Å²) in [4.78, 5) is 11.0. The second kappa shape index (κ2) is 4.89. The number of allylic oxidation sites excluding steroid dienone is 1. The van der Waals surface area contributed by atoms with Gasteiger partial charge in [-0.25, -0.2) is 0 Å². The molecule has 0 spiro atoms. The SMILES string of the molecule is CCCC/C(C=O)=C1\CCO[Si]1(C)C. The zero-order chi connectivity index (χ0) is 10.6. The van der Waals surface area contributed by atoms with Gasteiger partial charge in [0.05, 0.1) is 0 Å². The Labute approximate surface area is 87.5 Å². The summed E-state index contributed by atoms with van der Waals surface area (Å²) >= 11 is 0. The van der Waals surface area contributed by atoms with E-state index in [2.05, 4.69) is 20.0 Å². The molecule has 1 aliphatic heterocycles. The van der Waals surface area contributed by atoms with Gasteiger partial charge < -0.3 is 4.43 Å². The van der Waals surface area contributed by atoms with Gasteiger partial charge in [-0.05, 0) is 43.1 Å². The molecule has 0 bridgehead atoms. The van der Waals surface area contributed by atoms with Crippen molar-refractivity contribution in [3.05, 3.63) is 10.8 Å². The van der Waals surface area contributed by atoms with Crippen molar-refractivity contribution < 1.29 is 9.22 Å². The fourth-order valence-electron chi connectivity index (χ4n) is 1.99. The Bertz CT molecular complexity index is 244. The monoisotopic (exact) mass is 212 g/mol. The summed E-state index contributed by atoms with van der Waals surface area (Å²) in [6.45, 7) is 7.34. The lowest BCUT2D eigenvalue weighted by Gasteiger charge is -2.17. The molecule has 1 fully saturated rings. The van der Waals surface area contributed by atoms with Crippen LogP contribution < -0.4 is 0 Å². The Morgan fingerprint density at radius 2 is 2.29 bits per heavy atom. The standard InChI is InChI=1S/C11H20O2Si/c1-4-5-6-10(9-12)11-7-8-13-14(11,2)3/h9H,4-8H2,1-3H3/b11-10-. The topological polar surface area (TPSA) is 26.3 Å². The average molecular weight is 212 g/mol. The zero-order valence-electron chi connectivity index (χ0n) is 9.43. The second-order valence-corrected chi connectivity index (χ2v) is 8.25. The number of carbonyl (C=O) groups excluding carboxylic acids is 1. The predicted molar refractivity (Wildman–Crippen MR) is 60.7 cm³/mol. The predicted octanol–water partition coefficient (Wildman–Crippen LogP) is 2.84. The lowest BCUT2D eigenvalue weighted by atomic mass is 10.1. The molecule has 1 rings (SSSR count). The molecule has 0 N–H and O–H groups in total. The van der Waals surface area contributed by atoms with E-state index in [1.54, 1.807) is 0 Å². The minimum absolute atomic E-state index is 0.817. The third-order valence-electron chi connectivity index (χ3n) is 2.87. The van der Waals surface area contributed by atoms with Gasteiger partial charge in [-0.3, -0.25) is 4.79 Å². The number of aldehydes is 1. The van der Waals surface area contributed by atoms with Gasteiger partial charge >= 0.3 is 0 Å². The first-order valence-electron chi connectivity index (χ1n) is 5.43. The van der Waals surface area contributed by atoms with E-state index < -0.39 is 8.32 Å². The van der Waals surface area contributed by atoms with E-state index in [4.69, 9.17) is 4.43 Å². The van der Waals surface area contributed by atoms with E-state index >= 15 is 0 Å². The van der Waals surface area contributed by atoms with Gasteiger partial charge in [-0.1, -0.05) is 13.3 Å². The quantitative estimate of drug-likeness (QED) is 0.407. The Hall–Kier alpha value is -0.413. The second-order valence-electron chi connectivity index (χ2n) is 4.33. The first-order chi connectivity index (χ1) is 6.61. The zero-order valence-corrected chi connectivity index (χ0v) is 10.4. The molecule has 0 atom stereocenters. The lowest BCUT2D eigenvalue weighted by Crippen LogP contribution is -2.28. The van der Waals surface area contributed by atoms with Crippen molar-refractivity contribution >= 4 is 14.6 Å². The molecule has 0 aliphatic carbocycles. The van der Waals surface area contributed by atoms with Crippen molar-refractivity contribution in [2.45, 2.75) is 45.7 Å². The van der Waals surface area contributed by atoms with Crippen molar-refractivity contribution in [2.24, 2.45) is 0 Å². The van der Waals surface area contributed by atoms with Gasteiger partial charge in [0.2, 0.25) is 8.32 Å². The smallest absolute Gasteiger partial charge is 0.214 e. The highest BCUT2D eigenvalue weighted by Gasteiger charge is 2.34. The summed E-state index contributed by atoms with van der Waals surface area (Å²) in [5, 5.41) is 1.35. The normalized spacial score (nSPS) is 23.6. The van der Waals surface area contributed by atoms with Crippen LogP contribution in [-0.2, 0) is 9.22 Å². The van der Waals surface area contributed by atoms with Crippen molar-refractivity contribution in [1.29, 1.82) is 0 Å². The molecule has 0 aromatic rings. The van der Waals surface area contributed by atoms with Gasteiger partial charge in [0.15, 0.2) is 0 Å². The van der Waals surface area contributed by atoms with E-state index in [-0.39, 0.29) is 0 Å². The highest BCUT2D eigenvalue weighted by molar-refractivity contribution is 6.79. The number of unbranched alkanes of at least 4 members (excludes halogenated alkanes) is 1. The van der Waals surface area contributed by atoms with E-state index in [9.17, 15) is 4.79 Å². The molecule has 1 aliphatic rings. The highest BCUT2D eigenvalue weighted by Crippen LogP contribution is 2.30. The van der Waals surface area contributed by atoms with Crippen molar-refractivity contribution in [2.75, 3.05) is 6.61 Å². The highest BCUT2D eigenvalue weighted by atomic mass is 28.4. The largest absolute Gasteiger partial charge is 0.413 e. The number of hydrogen-bond acceptors (Lipinski definition) is 2. The molecular formula is C11H20O2Si. The summed E-state index contributed by atoms with van der Waals surface area (Å²) in [5.74, 6) is 0. The van der Waals surface area contributed by atoms with Crippen LogP contribution in [0.4, 0.5) is 0 Å². The van der Waals surface area contributed by atoms with Crippen LogP contribution >= 0.6 is 0 Å². The van der Waals surface area contributed by atoms with Gasteiger partial charge in [-0.15, -0.1) is 0 Å². The lowest BCUT2D eigenvalue weighted by molar-refractivity contribution is -0.105. The van der Waals surface area contributed by atoms with Gasteiger partial charge in [-0.2, -0.15) is 0 Å². The number of rotatable bonds is 4. The van der Waals surface area contributed by atoms with Crippen molar-refractivity contribution in [1.82, 2.24) is 0 Å². The molecular weight excluding hydrogens is 192 g/mol. The maximum absolute atomic E-state index is 11.0. The van der Waals surface area contributed by atoms with E-state index in [1.165, 1.54) is 5.20 Å². The summed E-state index contributed by atoms with van der Waals surface area (Å²) in [6.07, 6.45) is 5.23. The first-order valence-corrected chi connectivity index (χ1v) is 8.34. The molecule has 0 amide bonds. The molecule has 14 heavy (non-hydrogen) atoms. The summed E-state index contributed by atoms with van der Waals surface area (Å²) < 4.78 is 5.74. The molecule has 80 valence electrons. The fraction of sp³-hybridized carbons (Fsp3) is 0.727. The molecule has 1 heterocycles. The minimum Gasteiger partial charge on any atom is -0.413 e. The van der Waals surface area contributed by atoms with Gasteiger partial charge in [0.25, 0.3) is 0 Å². The Kier molecular flexibility index (Phi) is 4.07. The number of carbonyl (C=O) groups is 1. The third kappa shape index (κ3) is 2.55. The summed E-state index contributed by atoms with van der Waals surface area (Å²) in [7, 11) is -1.66. The molecule has 2 nitrogen and oxygen atoms in total. The molecule has 0 saturated carbocycles. The maximum atomic E-state index is 11.0. The molecule has 3 heteroatoms. The fourth-order valence-corrected chi connectivity index (χ4v) is 4.44. The summed E-state index contributed by atoms with van der Waals surface area (Å²) in [6, 6.07) is 0. The van der Waals surface area contributed by atoms with E-state index in [1.807, 2.05) is 0 Å². The van der Waals surface area contributed by atoms with Gasteiger partial charge in [0.1, 0.15) is 6.29 Å². The maximum Gasteiger partial charge on any atom is 0.214 e. The van der Waals surface area contributed by atoms with Crippen LogP contribution in [0.1, 0.15) is 32.6 Å². The molecule has 0 radical (unpaired) electrons. The van der Waals surface area contributed by atoms with Gasteiger partial charge in [0, 0.05) is 6.61 Å². The number of hydrogen-bond donors (Lipinski definition) is 0. The van der Waals surface area contributed by atoms with Crippen molar-refractivity contribution in [3.63, 3.8) is 0 Å². The molecule has 1 saturated heterocycles. The van der Waals surface area contributed by atoms with Crippen LogP contribution in [-0.4, -0.2) is 21.2 Å². The van der Waals surface area contributed by atoms with Crippen LogP contribution in [0.5, 0.6) is 0 Å². The molecule has 0 unspecified atom stereocenters. The summed E-state index contributed by atoms with van der Waals surface area (Å²) in [5.41, 5.74) is 1.03. The minimum atomic E-state index is -1.66. The Morgan fingerprint density at radius 3 is 2.71 bits per heavy atom. The van der Waals surface area contributed by atoms with Crippen LogP contribution in [0, 0.1) is 0 Å². The average Bonchev–Trinajstić information content (AvgIpc) is 2.48. The molecule has 0 aromatic carbocycles. The third-order valence-corrected chi connectivity index (χ3v) is 5.82. The van der Waals surface area contributed by atoms with Crippen molar-refractivity contribution in [3.8, 4) is 0 Å². The van der Waals surface area contributed by atoms with Crippen LogP contribution in [0.15, 0.2) is 10.8 Å². The van der Waals surface area contributed by atoms with E-state index in [0.717, 1.165) is 44.1 Å². The van der Waals surface area contributed by atoms with E-state index in [0.29, 0.717) is 0 Å². The van der Waals surface area contributed by atoms with Crippen LogP contribution in [0.3, 0.4) is 0 Å². The Morgan fingerprint density at radius 1 is 1.57 bits per heavy atom. The Balaban J connectivity index is 2.81. The first kappa shape index (κ1) is 11.7. The van der Waals surface area contributed by atoms with Crippen LogP contribution in [0.25, 0.3) is 0 Å². The van der Waals surface area contributed by atoms with Crippen LogP contribution in [0.2, 0.25) is 13.1 Å². The molecule has 0 aromatic heterocycles.